The molecule has 0 spiro atoms. The highest BCUT2D eigenvalue weighted by Gasteiger charge is 2.02. The molecule has 4 nitrogen and oxygen atoms in total. The molecule has 0 saturated carbocycles. The first-order chi connectivity index (χ1) is 9.07. The van der Waals surface area contributed by atoms with Gasteiger partial charge in [0.15, 0.2) is 0 Å². The highest BCUT2D eigenvalue weighted by molar-refractivity contribution is 5.73. The molecule has 2 N–H and O–H groups in total. The first kappa shape index (κ1) is 18.2. The number of urea groups is 1. The number of amides is 2. The number of nitrogens with one attached hydrogen (secondary N) is 2. The number of hydrogen-bond acceptors (Lipinski definition) is 2. The van der Waals surface area contributed by atoms with Crippen LogP contribution in [-0.2, 0) is 0 Å². The van der Waals surface area contributed by atoms with Gasteiger partial charge >= 0.3 is 6.03 Å². The van der Waals surface area contributed by atoms with Gasteiger partial charge in [-0.25, -0.2) is 4.79 Å². The Balaban J connectivity index is 3.29. The molecule has 19 heavy (non-hydrogen) atoms. The molecule has 0 unspecified atom stereocenters. The highest BCUT2D eigenvalue weighted by Crippen LogP contribution is 1.98. The maximum absolute atomic E-state index is 11.4. The van der Waals surface area contributed by atoms with Gasteiger partial charge in [-0.15, -0.1) is 0 Å². The second-order valence-electron chi connectivity index (χ2n) is 5.52. The predicted molar refractivity (Wildman–Crippen MR) is 82.5 cm³/mol. The molecule has 0 bridgehead atoms. The molecule has 0 fully saturated rings. The van der Waals surface area contributed by atoms with Gasteiger partial charge in [0, 0.05) is 19.1 Å². The summed E-state index contributed by atoms with van der Waals surface area (Å²) in [5, 5.41) is 5.81. The van der Waals surface area contributed by atoms with Crippen LogP contribution in [-0.4, -0.2) is 43.7 Å². The van der Waals surface area contributed by atoms with Crippen molar-refractivity contribution < 1.29 is 4.79 Å². The van der Waals surface area contributed by atoms with Crippen molar-refractivity contribution in [3.63, 3.8) is 0 Å². The van der Waals surface area contributed by atoms with Gasteiger partial charge in [-0.3, -0.25) is 0 Å². The summed E-state index contributed by atoms with van der Waals surface area (Å²) in [4.78, 5) is 13.8. The van der Waals surface area contributed by atoms with E-state index in [0.717, 1.165) is 38.9 Å². The Morgan fingerprint density at radius 1 is 1.00 bits per heavy atom. The van der Waals surface area contributed by atoms with Crippen molar-refractivity contribution >= 4 is 6.03 Å². The summed E-state index contributed by atoms with van der Waals surface area (Å²) >= 11 is 0. The van der Waals surface area contributed by atoms with Gasteiger partial charge in [-0.1, -0.05) is 26.2 Å². The molecule has 0 atom stereocenters. The van der Waals surface area contributed by atoms with Crippen LogP contribution in [0.1, 0.15) is 59.3 Å². The van der Waals surface area contributed by atoms with E-state index in [1.165, 1.54) is 19.3 Å². The van der Waals surface area contributed by atoms with E-state index >= 15 is 0 Å². The smallest absolute Gasteiger partial charge is 0.314 e. The third-order valence-electron chi connectivity index (χ3n) is 3.42. The normalized spacial score (nSPS) is 11.1. The Hall–Kier alpha value is -0.770. The topological polar surface area (TPSA) is 44.4 Å². The Morgan fingerprint density at radius 2 is 1.58 bits per heavy atom. The zero-order valence-electron chi connectivity index (χ0n) is 13.3. The van der Waals surface area contributed by atoms with Crippen molar-refractivity contribution in [3.8, 4) is 0 Å². The molecule has 0 aliphatic heterocycles. The molecule has 0 aromatic carbocycles. The SMILES string of the molecule is CCCCCCNC(=O)NCCCCN(C)C(C)C. The summed E-state index contributed by atoms with van der Waals surface area (Å²) in [5.41, 5.74) is 0. The standard InChI is InChI=1S/C15H33N3O/c1-5-6-7-8-11-16-15(19)17-12-9-10-13-18(4)14(2)3/h14H,5-13H2,1-4H3,(H2,16,17,19). The summed E-state index contributed by atoms with van der Waals surface area (Å²) in [5.74, 6) is 0. The predicted octanol–water partition coefficient (Wildman–Crippen LogP) is 2.99. The minimum absolute atomic E-state index is 0.0197. The van der Waals surface area contributed by atoms with Crippen molar-refractivity contribution in [2.75, 3.05) is 26.7 Å². The molecular weight excluding hydrogens is 238 g/mol. The molecule has 0 aromatic heterocycles. The molecule has 4 heteroatoms. The van der Waals surface area contributed by atoms with E-state index in [2.05, 4.69) is 43.4 Å². The lowest BCUT2D eigenvalue weighted by Gasteiger charge is -2.20. The number of carbonyl (C=O) groups excluding carboxylic acids is 1. The Morgan fingerprint density at radius 3 is 2.11 bits per heavy atom. The average Bonchev–Trinajstić information content (AvgIpc) is 2.37. The zero-order valence-corrected chi connectivity index (χ0v) is 13.3. The summed E-state index contributed by atoms with van der Waals surface area (Å²) in [6, 6.07) is 0.577. The van der Waals surface area contributed by atoms with E-state index in [1.807, 2.05) is 0 Å². The first-order valence-electron chi connectivity index (χ1n) is 7.79. The van der Waals surface area contributed by atoms with Gasteiger partial charge < -0.3 is 15.5 Å². The van der Waals surface area contributed by atoms with E-state index in [4.69, 9.17) is 0 Å². The number of unbranched alkanes of at least 4 members (excludes halogenated alkanes) is 4. The van der Waals surface area contributed by atoms with Crippen molar-refractivity contribution in [2.24, 2.45) is 0 Å². The highest BCUT2D eigenvalue weighted by atomic mass is 16.2. The summed E-state index contributed by atoms with van der Waals surface area (Å²) in [6.07, 6.45) is 6.95. The third kappa shape index (κ3) is 12.0. The molecule has 2 amide bonds. The molecule has 0 aliphatic carbocycles. The molecule has 114 valence electrons. The fraction of sp³-hybridized carbons (Fsp3) is 0.933. The molecule has 0 heterocycles. The Bertz CT molecular complexity index is 219. The molecule has 0 rings (SSSR count). The van der Waals surface area contributed by atoms with Crippen LogP contribution in [0.25, 0.3) is 0 Å². The van der Waals surface area contributed by atoms with Gasteiger partial charge in [0.1, 0.15) is 0 Å². The van der Waals surface area contributed by atoms with E-state index in [-0.39, 0.29) is 6.03 Å². The second-order valence-corrected chi connectivity index (χ2v) is 5.52. The fourth-order valence-corrected chi connectivity index (χ4v) is 1.76. The Kier molecular flexibility index (Phi) is 11.8. The van der Waals surface area contributed by atoms with Crippen LogP contribution in [0.15, 0.2) is 0 Å². The van der Waals surface area contributed by atoms with Crippen molar-refractivity contribution in [1.82, 2.24) is 15.5 Å². The van der Waals surface area contributed by atoms with Gasteiger partial charge in [-0.2, -0.15) is 0 Å². The average molecular weight is 271 g/mol. The fourth-order valence-electron chi connectivity index (χ4n) is 1.76. The summed E-state index contributed by atoms with van der Waals surface area (Å²) in [7, 11) is 2.14. The van der Waals surface area contributed by atoms with E-state index in [9.17, 15) is 4.79 Å². The van der Waals surface area contributed by atoms with Crippen LogP contribution in [0.5, 0.6) is 0 Å². The van der Waals surface area contributed by atoms with E-state index < -0.39 is 0 Å². The molecule has 0 radical (unpaired) electrons. The van der Waals surface area contributed by atoms with E-state index in [0.29, 0.717) is 6.04 Å². The van der Waals surface area contributed by atoms with Crippen molar-refractivity contribution in [2.45, 2.75) is 65.3 Å². The van der Waals surface area contributed by atoms with E-state index in [1.54, 1.807) is 0 Å². The van der Waals surface area contributed by atoms with Gasteiger partial charge in [0.05, 0.1) is 0 Å². The largest absolute Gasteiger partial charge is 0.338 e. The van der Waals surface area contributed by atoms with Gasteiger partial charge in [0.2, 0.25) is 0 Å². The van der Waals surface area contributed by atoms with Crippen molar-refractivity contribution in [1.29, 1.82) is 0 Å². The van der Waals surface area contributed by atoms with Crippen molar-refractivity contribution in [3.05, 3.63) is 0 Å². The maximum atomic E-state index is 11.4. The molecule has 0 saturated heterocycles. The quantitative estimate of drug-likeness (QED) is 0.567. The second kappa shape index (κ2) is 12.3. The monoisotopic (exact) mass is 271 g/mol. The molecular formula is C15H33N3O. The lowest BCUT2D eigenvalue weighted by molar-refractivity contribution is 0.239. The minimum Gasteiger partial charge on any atom is -0.338 e. The minimum atomic E-state index is -0.0197. The number of hydrogen-bond donors (Lipinski definition) is 2. The molecule has 0 aromatic rings. The lowest BCUT2D eigenvalue weighted by atomic mass is 10.2. The zero-order chi connectivity index (χ0) is 14.5. The Labute approximate surface area is 119 Å². The van der Waals surface area contributed by atoms with Crippen LogP contribution in [0.2, 0.25) is 0 Å². The van der Waals surface area contributed by atoms with Crippen LogP contribution in [0.4, 0.5) is 4.79 Å². The van der Waals surface area contributed by atoms with Crippen LogP contribution >= 0.6 is 0 Å². The number of rotatable bonds is 11. The van der Waals surface area contributed by atoms with Crippen LogP contribution in [0.3, 0.4) is 0 Å². The maximum Gasteiger partial charge on any atom is 0.314 e. The third-order valence-corrected chi connectivity index (χ3v) is 3.42. The van der Waals surface area contributed by atoms with Crippen LogP contribution < -0.4 is 10.6 Å². The molecule has 0 aliphatic rings. The van der Waals surface area contributed by atoms with Crippen LogP contribution in [0, 0.1) is 0 Å². The van der Waals surface area contributed by atoms with Gasteiger partial charge in [0.25, 0.3) is 0 Å². The number of nitrogens with zero attached hydrogens (tertiary/aromatic N) is 1. The summed E-state index contributed by atoms with van der Waals surface area (Å²) < 4.78 is 0. The summed E-state index contributed by atoms with van der Waals surface area (Å²) in [6.45, 7) is 9.25. The first-order valence-corrected chi connectivity index (χ1v) is 7.79. The lowest BCUT2D eigenvalue weighted by Crippen LogP contribution is -2.36. The number of carbonyl (C=O) groups is 1. The van der Waals surface area contributed by atoms with Gasteiger partial charge in [-0.05, 0) is 46.7 Å².